The molecule has 1 saturated heterocycles. The topological polar surface area (TPSA) is 82.9 Å². The fourth-order valence-electron chi connectivity index (χ4n) is 3.75. The van der Waals surface area contributed by atoms with Gasteiger partial charge in [-0.2, -0.15) is 5.10 Å². The van der Waals surface area contributed by atoms with Crippen LogP contribution in [0.2, 0.25) is 0 Å². The number of rotatable bonds is 4. The molecule has 8 nitrogen and oxygen atoms in total. The van der Waals surface area contributed by atoms with E-state index in [0.29, 0.717) is 25.3 Å². The first kappa shape index (κ1) is 17.4. The smallest absolute Gasteiger partial charge is 0.227 e. The van der Waals surface area contributed by atoms with E-state index < -0.39 is 0 Å². The summed E-state index contributed by atoms with van der Waals surface area (Å²) < 4.78 is 1.68. The van der Waals surface area contributed by atoms with Crippen molar-refractivity contribution in [2.75, 3.05) is 31.1 Å². The highest BCUT2D eigenvalue weighted by molar-refractivity contribution is 5.89. The Morgan fingerprint density at radius 3 is 2.52 bits per heavy atom. The molecule has 146 valence electrons. The SMILES string of the molecule is O=C(Cc1c[nH]c2ccccc12)N1CCN(c2ccc(-n3cccn3)nn2)CC1. The minimum absolute atomic E-state index is 0.162. The van der Waals surface area contributed by atoms with E-state index in [4.69, 9.17) is 0 Å². The van der Waals surface area contributed by atoms with Crippen LogP contribution in [0.3, 0.4) is 0 Å². The van der Waals surface area contributed by atoms with Gasteiger partial charge in [-0.3, -0.25) is 4.79 Å². The first-order valence-corrected chi connectivity index (χ1v) is 9.69. The van der Waals surface area contributed by atoms with Crippen molar-refractivity contribution in [3.63, 3.8) is 0 Å². The number of fused-ring (bicyclic) bond motifs is 1. The van der Waals surface area contributed by atoms with E-state index in [-0.39, 0.29) is 5.91 Å². The molecule has 1 aromatic carbocycles. The standard InChI is InChI=1S/C21H21N7O/c29-21(14-16-15-22-18-5-2-1-4-17(16)18)27-12-10-26(11-13-27)19-6-7-20(25-24-19)28-9-3-8-23-28/h1-9,15,22H,10-14H2. The van der Waals surface area contributed by atoms with Crippen molar-refractivity contribution in [2.45, 2.75) is 6.42 Å². The number of aromatic amines is 1. The summed E-state index contributed by atoms with van der Waals surface area (Å²) >= 11 is 0. The van der Waals surface area contributed by atoms with Crippen molar-refractivity contribution in [3.8, 4) is 5.82 Å². The highest BCUT2D eigenvalue weighted by Gasteiger charge is 2.23. The van der Waals surface area contributed by atoms with E-state index in [1.54, 1.807) is 10.9 Å². The maximum absolute atomic E-state index is 12.8. The second-order valence-electron chi connectivity index (χ2n) is 7.10. The second-order valence-corrected chi connectivity index (χ2v) is 7.10. The van der Waals surface area contributed by atoms with Gasteiger partial charge in [0, 0.05) is 55.7 Å². The largest absolute Gasteiger partial charge is 0.361 e. The lowest BCUT2D eigenvalue weighted by Gasteiger charge is -2.35. The average molecular weight is 387 g/mol. The molecule has 0 unspecified atom stereocenters. The number of benzene rings is 1. The lowest BCUT2D eigenvalue weighted by Crippen LogP contribution is -2.49. The van der Waals surface area contributed by atoms with Crippen molar-refractivity contribution >= 4 is 22.6 Å². The highest BCUT2D eigenvalue weighted by atomic mass is 16.2. The zero-order valence-corrected chi connectivity index (χ0v) is 15.9. The summed E-state index contributed by atoms with van der Waals surface area (Å²) in [6.07, 6.45) is 5.90. The number of hydrogen-bond donors (Lipinski definition) is 1. The lowest BCUT2D eigenvalue weighted by molar-refractivity contribution is -0.130. The summed E-state index contributed by atoms with van der Waals surface area (Å²) in [5.41, 5.74) is 2.12. The molecule has 0 spiro atoms. The van der Waals surface area contributed by atoms with Crippen LogP contribution in [0.15, 0.2) is 61.1 Å². The van der Waals surface area contributed by atoms with Crippen LogP contribution in [0.25, 0.3) is 16.7 Å². The summed E-state index contributed by atoms with van der Waals surface area (Å²) in [4.78, 5) is 20.1. The number of amides is 1. The number of anilines is 1. The van der Waals surface area contributed by atoms with Gasteiger partial charge in [-0.05, 0) is 29.8 Å². The molecule has 4 heterocycles. The zero-order chi connectivity index (χ0) is 19.6. The molecule has 0 radical (unpaired) electrons. The zero-order valence-electron chi connectivity index (χ0n) is 15.9. The molecule has 0 bridgehead atoms. The molecule has 4 aromatic rings. The molecule has 29 heavy (non-hydrogen) atoms. The number of piperazine rings is 1. The van der Waals surface area contributed by atoms with Crippen molar-refractivity contribution < 1.29 is 4.79 Å². The maximum Gasteiger partial charge on any atom is 0.227 e. The van der Waals surface area contributed by atoms with Crippen molar-refractivity contribution in [2.24, 2.45) is 0 Å². The maximum atomic E-state index is 12.8. The molecule has 1 aliphatic rings. The number of nitrogens with one attached hydrogen (secondary N) is 1. The number of carbonyl (C=O) groups is 1. The first-order valence-electron chi connectivity index (χ1n) is 9.69. The molecule has 0 atom stereocenters. The van der Waals surface area contributed by atoms with Crippen LogP contribution in [-0.2, 0) is 11.2 Å². The Hall–Kier alpha value is -3.68. The first-order chi connectivity index (χ1) is 14.3. The third-order valence-corrected chi connectivity index (χ3v) is 5.35. The van der Waals surface area contributed by atoms with Gasteiger partial charge in [-0.15, -0.1) is 10.2 Å². The Balaban J connectivity index is 1.20. The number of H-pyrrole nitrogens is 1. The molecule has 1 aliphatic heterocycles. The van der Waals surface area contributed by atoms with Gasteiger partial charge in [-0.25, -0.2) is 4.68 Å². The van der Waals surface area contributed by atoms with E-state index in [0.717, 1.165) is 35.4 Å². The van der Waals surface area contributed by atoms with Crippen molar-refractivity contribution in [1.29, 1.82) is 0 Å². The predicted molar refractivity (Wildman–Crippen MR) is 110 cm³/mol. The van der Waals surface area contributed by atoms with Gasteiger partial charge in [0.05, 0.1) is 6.42 Å². The molecular formula is C21H21N7O. The van der Waals surface area contributed by atoms with E-state index >= 15 is 0 Å². The fourth-order valence-corrected chi connectivity index (χ4v) is 3.75. The van der Waals surface area contributed by atoms with E-state index in [2.05, 4.69) is 31.2 Å². The molecule has 5 rings (SSSR count). The molecule has 1 N–H and O–H groups in total. The summed E-state index contributed by atoms with van der Waals surface area (Å²) in [7, 11) is 0. The van der Waals surface area contributed by atoms with Gasteiger partial charge in [0.2, 0.25) is 5.91 Å². The van der Waals surface area contributed by atoms with Crippen molar-refractivity contribution in [1.82, 2.24) is 29.9 Å². The number of hydrogen-bond acceptors (Lipinski definition) is 5. The average Bonchev–Trinajstić information content (AvgIpc) is 3.45. The van der Waals surface area contributed by atoms with Crippen LogP contribution >= 0.6 is 0 Å². The van der Waals surface area contributed by atoms with Crippen LogP contribution in [0.4, 0.5) is 5.82 Å². The molecule has 0 aliphatic carbocycles. The summed E-state index contributed by atoms with van der Waals surface area (Å²) in [6.45, 7) is 2.86. The number of para-hydroxylation sites is 1. The summed E-state index contributed by atoms with van der Waals surface area (Å²) in [6, 6.07) is 13.8. The minimum atomic E-state index is 0.162. The predicted octanol–water partition coefficient (Wildman–Crippen LogP) is 2.03. The highest BCUT2D eigenvalue weighted by Crippen LogP contribution is 2.20. The Morgan fingerprint density at radius 2 is 1.76 bits per heavy atom. The summed E-state index contributed by atoms with van der Waals surface area (Å²) in [5, 5.41) is 13.9. The molecular weight excluding hydrogens is 366 g/mol. The van der Waals surface area contributed by atoms with Gasteiger partial charge in [0.1, 0.15) is 0 Å². The number of carbonyl (C=O) groups excluding carboxylic acids is 1. The van der Waals surface area contributed by atoms with E-state index in [1.165, 1.54) is 0 Å². The molecule has 1 fully saturated rings. The normalized spacial score (nSPS) is 14.5. The van der Waals surface area contributed by atoms with E-state index in [9.17, 15) is 4.79 Å². The molecule has 1 amide bonds. The van der Waals surface area contributed by atoms with Gasteiger partial charge >= 0.3 is 0 Å². The second kappa shape index (κ2) is 7.38. The third-order valence-electron chi connectivity index (χ3n) is 5.35. The minimum Gasteiger partial charge on any atom is -0.361 e. The van der Waals surface area contributed by atoms with E-state index in [1.807, 2.05) is 53.7 Å². The van der Waals surface area contributed by atoms with Gasteiger partial charge in [0.15, 0.2) is 11.6 Å². The van der Waals surface area contributed by atoms with Crippen LogP contribution in [-0.4, -0.2) is 61.9 Å². The Labute approximate surface area is 167 Å². The van der Waals surface area contributed by atoms with Crippen LogP contribution in [0, 0.1) is 0 Å². The van der Waals surface area contributed by atoms with Crippen LogP contribution in [0.1, 0.15) is 5.56 Å². The van der Waals surface area contributed by atoms with Crippen molar-refractivity contribution in [3.05, 3.63) is 66.6 Å². The lowest BCUT2D eigenvalue weighted by atomic mass is 10.1. The molecule has 3 aromatic heterocycles. The van der Waals surface area contributed by atoms with Gasteiger partial charge in [-0.1, -0.05) is 18.2 Å². The Bertz CT molecular complexity index is 1110. The Morgan fingerprint density at radius 1 is 0.966 bits per heavy atom. The van der Waals surface area contributed by atoms with Gasteiger partial charge < -0.3 is 14.8 Å². The fraction of sp³-hybridized carbons (Fsp3) is 0.238. The summed E-state index contributed by atoms with van der Waals surface area (Å²) in [5.74, 6) is 1.67. The third kappa shape index (κ3) is 3.44. The van der Waals surface area contributed by atoms with Crippen LogP contribution < -0.4 is 4.90 Å². The number of nitrogens with zero attached hydrogens (tertiary/aromatic N) is 6. The number of aromatic nitrogens is 5. The quantitative estimate of drug-likeness (QED) is 0.579. The Kier molecular flexibility index (Phi) is 4.44. The monoisotopic (exact) mass is 387 g/mol. The molecule has 8 heteroatoms. The molecule has 0 saturated carbocycles. The van der Waals surface area contributed by atoms with Crippen LogP contribution in [0.5, 0.6) is 0 Å². The van der Waals surface area contributed by atoms with Gasteiger partial charge in [0.25, 0.3) is 0 Å².